The molecular formula is C52H30N2O. The summed E-state index contributed by atoms with van der Waals surface area (Å²) in [5.74, 6) is 0. The molecule has 0 atom stereocenters. The Balaban J connectivity index is 1.03. The molecule has 0 radical (unpaired) electrons. The summed E-state index contributed by atoms with van der Waals surface area (Å²) in [5.41, 5.74) is 11.7. The first-order valence-corrected chi connectivity index (χ1v) is 18.5. The molecule has 0 spiro atoms. The molecule has 3 nitrogen and oxygen atoms in total. The first-order valence-electron chi connectivity index (χ1n) is 18.5. The van der Waals surface area contributed by atoms with Crippen molar-refractivity contribution in [1.82, 2.24) is 4.98 Å². The van der Waals surface area contributed by atoms with E-state index in [0.717, 1.165) is 38.4 Å². The van der Waals surface area contributed by atoms with Crippen molar-refractivity contribution in [3.05, 3.63) is 188 Å². The monoisotopic (exact) mass is 698 g/mol. The lowest BCUT2D eigenvalue weighted by atomic mass is 9.85. The minimum absolute atomic E-state index is 0.497. The van der Waals surface area contributed by atoms with E-state index >= 15 is 0 Å². The predicted octanol–water partition coefficient (Wildman–Crippen LogP) is 14.1. The molecule has 9 aromatic carbocycles. The molecule has 0 bridgehead atoms. The van der Waals surface area contributed by atoms with Gasteiger partial charge in [0.15, 0.2) is 5.58 Å². The number of pyridine rings is 1. The average molecular weight is 699 g/mol. The van der Waals surface area contributed by atoms with Crippen molar-refractivity contribution in [3.8, 4) is 50.6 Å². The van der Waals surface area contributed by atoms with Crippen LogP contribution in [0.1, 0.15) is 5.56 Å². The first-order chi connectivity index (χ1) is 27.2. The Morgan fingerprint density at radius 1 is 0.400 bits per heavy atom. The Morgan fingerprint density at radius 2 is 0.927 bits per heavy atom. The van der Waals surface area contributed by atoms with Crippen LogP contribution in [0.4, 0.5) is 0 Å². The van der Waals surface area contributed by atoms with Crippen LogP contribution in [0.2, 0.25) is 0 Å². The van der Waals surface area contributed by atoms with Gasteiger partial charge in [-0.05, 0) is 101 Å². The smallest absolute Gasteiger partial charge is 0.227 e. The lowest BCUT2D eigenvalue weighted by Crippen LogP contribution is -1.91. The fourth-order valence-electron chi connectivity index (χ4n) is 8.53. The quantitative estimate of drug-likeness (QED) is 0.172. The van der Waals surface area contributed by atoms with E-state index in [1.165, 1.54) is 60.1 Å². The SMILES string of the molecule is N#Cc1cc(-c2ccc(-c3c4ccccc4c(-c4ccc(-c5cccc6ccccc56)cc4)c4ccccc34)cc2)cc2c1oc1nc3ccccc3cc12. The van der Waals surface area contributed by atoms with E-state index in [1.807, 2.05) is 24.3 Å². The van der Waals surface area contributed by atoms with Gasteiger partial charge in [-0.2, -0.15) is 5.26 Å². The van der Waals surface area contributed by atoms with Crippen molar-refractivity contribution in [3.63, 3.8) is 0 Å². The fraction of sp³-hybridized carbons (Fsp3) is 0. The highest BCUT2D eigenvalue weighted by atomic mass is 16.3. The van der Waals surface area contributed by atoms with Gasteiger partial charge < -0.3 is 4.42 Å². The molecule has 0 fully saturated rings. The van der Waals surface area contributed by atoms with Gasteiger partial charge >= 0.3 is 0 Å². The van der Waals surface area contributed by atoms with Crippen LogP contribution in [-0.4, -0.2) is 4.98 Å². The number of fused-ring (bicyclic) bond motifs is 7. The average Bonchev–Trinajstić information content (AvgIpc) is 3.61. The predicted molar refractivity (Wildman–Crippen MR) is 228 cm³/mol. The van der Waals surface area contributed by atoms with Crippen molar-refractivity contribution >= 4 is 65.3 Å². The molecule has 0 N–H and O–H groups in total. The third-order valence-electron chi connectivity index (χ3n) is 11.1. The summed E-state index contributed by atoms with van der Waals surface area (Å²) in [7, 11) is 0. The molecule has 2 aromatic heterocycles. The van der Waals surface area contributed by atoms with Crippen molar-refractivity contribution < 1.29 is 4.42 Å². The van der Waals surface area contributed by atoms with Gasteiger partial charge in [0.2, 0.25) is 5.71 Å². The summed E-state index contributed by atoms with van der Waals surface area (Å²) in [6.45, 7) is 0. The summed E-state index contributed by atoms with van der Waals surface area (Å²) >= 11 is 0. The van der Waals surface area contributed by atoms with Gasteiger partial charge in [-0.25, -0.2) is 4.98 Å². The number of rotatable bonds is 4. The van der Waals surface area contributed by atoms with Gasteiger partial charge in [-0.3, -0.25) is 0 Å². The van der Waals surface area contributed by atoms with Crippen LogP contribution in [0.15, 0.2) is 186 Å². The maximum Gasteiger partial charge on any atom is 0.227 e. The third-order valence-corrected chi connectivity index (χ3v) is 11.1. The number of nitriles is 1. The zero-order valence-electron chi connectivity index (χ0n) is 29.6. The Hall–Kier alpha value is -7.54. The molecule has 2 heterocycles. The summed E-state index contributed by atoms with van der Waals surface area (Å²) in [5, 5.41) is 20.4. The number of aromatic nitrogens is 1. The molecule has 0 aliphatic heterocycles. The van der Waals surface area contributed by atoms with E-state index in [1.54, 1.807) is 0 Å². The minimum Gasteiger partial charge on any atom is -0.436 e. The van der Waals surface area contributed by atoms with Crippen LogP contribution < -0.4 is 0 Å². The van der Waals surface area contributed by atoms with Crippen LogP contribution in [0.25, 0.3) is 110 Å². The lowest BCUT2D eigenvalue weighted by Gasteiger charge is -2.18. The molecule has 0 aliphatic carbocycles. The van der Waals surface area contributed by atoms with Gasteiger partial charge in [0.1, 0.15) is 6.07 Å². The Kier molecular flexibility index (Phi) is 6.92. The number of hydrogen-bond donors (Lipinski definition) is 0. The van der Waals surface area contributed by atoms with Crippen molar-refractivity contribution in [1.29, 1.82) is 5.26 Å². The zero-order valence-corrected chi connectivity index (χ0v) is 29.6. The first kappa shape index (κ1) is 31.0. The highest BCUT2D eigenvalue weighted by molar-refractivity contribution is 6.21. The van der Waals surface area contributed by atoms with Crippen molar-refractivity contribution in [2.75, 3.05) is 0 Å². The van der Waals surface area contributed by atoms with E-state index in [0.29, 0.717) is 16.9 Å². The van der Waals surface area contributed by atoms with Crippen LogP contribution >= 0.6 is 0 Å². The molecule has 3 heteroatoms. The second-order valence-corrected chi connectivity index (χ2v) is 14.2. The van der Waals surface area contributed by atoms with E-state index in [-0.39, 0.29) is 0 Å². The molecule has 0 amide bonds. The van der Waals surface area contributed by atoms with Crippen LogP contribution in [0.5, 0.6) is 0 Å². The second kappa shape index (κ2) is 12.3. The number of furan rings is 1. The molecular weight excluding hydrogens is 669 g/mol. The largest absolute Gasteiger partial charge is 0.436 e. The van der Waals surface area contributed by atoms with Gasteiger partial charge in [0, 0.05) is 16.2 Å². The van der Waals surface area contributed by atoms with Crippen molar-refractivity contribution in [2.45, 2.75) is 0 Å². The molecule has 0 saturated carbocycles. The summed E-state index contributed by atoms with van der Waals surface area (Å²) in [6, 6.07) is 67.0. The number of nitrogens with zero attached hydrogens (tertiary/aromatic N) is 2. The van der Waals surface area contributed by atoms with Gasteiger partial charge in [-0.15, -0.1) is 0 Å². The molecule has 11 rings (SSSR count). The summed E-state index contributed by atoms with van der Waals surface area (Å²) in [6.07, 6.45) is 0. The highest BCUT2D eigenvalue weighted by Gasteiger charge is 2.19. The minimum atomic E-state index is 0.497. The maximum atomic E-state index is 10.2. The van der Waals surface area contributed by atoms with Gasteiger partial charge in [-0.1, -0.05) is 158 Å². The molecule has 0 aliphatic rings. The number of hydrogen-bond acceptors (Lipinski definition) is 3. The molecule has 55 heavy (non-hydrogen) atoms. The number of benzene rings is 9. The van der Waals surface area contributed by atoms with Crippen molar-refractivity contribution in [2.24, 2.45) is 0 Å². The van der Waals surface area contributed by atoms with Crippen LogP contribution in [-0.2, 0) is 0 Å². The van der Waals surface area contributed by atoms with Crippen LogP contribution in [0, 0.1) is 11.3 Å². The molecule has 0 unspecified atom stereocenters. The van der Waals surface area contributed by atoms with Crippen LogP contribution in [0.3, 0.4) is 0 Å². The summed E-state index contributed by atoms with van der Waals surface area (Å²) < 4.78 is 6.18. The highest BCUT2D eigenvalue weighted by Crippen LogP contribution is 2.45. The Morgan fingerprint density at radius 3 is 1.56 bits per heavy atom. The zero-order chi connectivity index (χ0) is 36.5. The van der Waals surface area contributed by atoms with E-state index < -0.39 is 0 Å². The topological polar surface area (TPSA) is 49.8 Å². The Labute approximate surface area is 317 Å². The summed E-state index contributed by atoms with van der Waals surface area (Å²) in [4.78, 5) is 4.76. The molecule has 0 saturated heterocycles. The Bertz CT molecular complexity index is 3300. The lowest BCUT2D eigenvalue weighted by molar-refractivity contribution is 0.655. The fourth-order valence-corrected chi connectivity index (χ4v) is 8.53. The second-order valence-electron chi connectivity index (χ2n) is 14.2. The van der Waals surface area contributed by atoms with E-state index in [2.05, 4.69) is 164 Å². The normalized spacial score (nSPS) is 11.6. The molecule has 254 valence electrons. The van der Waals surface area contributed by atoms with E-state index in [9.17, 15) is 5.26 Å². The maximum absolute atomic E-state index is 10.2. The van der Waals surface area contributed by atoms with Gasteiger partial charge in [0.05, 0.1) is 11.1 Å². The standard InChI is InChI=1S/C52H30N2O/c53-31-39-28-38(30-46-47-29-37-11-2-8-19-48(37)54-52(47)55-51(39)46)32-20-24-35(25-21-32)49-42-14-4-6-16-44(42)50(45-17-7-5-15-43(45)49)36-26-22-34(23-27-36)41-18-9-12-33-10-1-3-13-40(33)41/h1-30H. The number of para-hydroxylation sites is 1. The third kappa shape index (κ3) is 4.93. The molecule has 11 aromatic rings. The van der Waals surface area contributed by atoms with E-state index in [4.69, 9.17) is 9.40 Å². The van der Waals surface area contributed by atoms with Gasteiger partial charge in [0.25, 0.3) is 0 Å².